The summed E-state index contributed by atoms with van der Waals surface area (Å²) in [6, 6.07) is 0.671. The fourth-order valence-electron chi connectivity index (χ4n) is 1.76. The van der Waals surface area contributed by atoms with Crippen LogP contribution in [0.3, 0.4) is 0 Å². The molecule has 0 aromatic rings. The lowest BCUT2D eigenvalue weighted by molar-refractivity contribution is 0.435. The molecule has 0 fully saturated rings. The molecule has 0 aromatic heterocycles. The Bertz CT molecular complexity index is 113. The summed E-state index contributed by atoms with van der Waals surface area (Å²) in [4.78, 5) is 0. The normalized spacial score (nSPS) is 13.5. The molecule has 0 saturated heterocycles. The minimum atomic E-state index is 0.671. The van der Waals surface area contributed by atoms with Crippen LogP contribution < -0.4 is 11.1 Å². The highest BCUT2D eigenvalue weighted by Gasteiger charge is 2.02. The zero-order chi connectivity index (χ0) is 10.8. The van der Waals surface area contributed by atoms with Crippen LogP contribution in [0, 0.1) is 5.92 Å². The molecule has 1 atom stereocenters. The van der Waals surface area contributed by atoms with E-state index in [0.29, 0.717) is 6.04 Å². The fourth-order valence-corrected chi connectivity index (χ4v) is 1.76. The van der Waals surface area contributed by atoms with Crippen molar-refractivity contribution in [1.29, 1.82) is 0 Å². The van der Waals surface area contributed by atoms with Gasteiger partial charge in [-0.05, 0) is 45.2 Å². The van der Waals surface area contributed by atoms with Gasteiger partial charge in [0.1, 0.15) is 0 Å². The molecular formula is C12H28N2. The molecule has 0 saturated carbocycles. The average Bonchev–Trinajstić information content (AvgIpc) is 2.10. The molecule has 0 amide bonds. The van der Waals surface area contributed by atoms with Gasteiger partial charge in [0.15, 0.2) is 0 Å². The number of rotatable bonds is 9. The number of hydrogen-bond donors (Lipinski definition) is 2. The van der Waals surface area contributed by atoms with Crippen molar-refractivity contribution in [2.45, 2.75) is 58.9 Å². The molecule has 0 spiro atoms. The van der Waals surface area contributed by atoms with E-state index < -0.39 is 0 Å². The van der Waals surface area contributed by atoms with E-state index in [1.54, 1.807) is 0 Å². The van der Waals surface area contributed by atoms with Gasteiger partial charge in [0.05, 0.1) is 0 Å². The first-order valence-electron chi connectivity index (χ1n) is 6.10. The Morgan fingerprint density at radius 1 is 1.00 bits per heavy atom. The monoisotopic (exact) mass is 200 g/mol. The summed E-state index contributed by atoms with van der Waals surface area (Å²) < 4.78 is 0. The molecule has 0 aliphatic carbocycles. The lowest BCUT2D eigenvalue weighted by Crippen LogP contribution is -2.28. The van der Waals surface area contributed by atoms with Gasteiger partial charge in [0.25, 0.3) is 0 Å². The van der Waals surface area contributed by atoms with E-state index in [1.165, 1.54) is 38.6 Å². The van der Waals surface area contributed by atoms with Crippen molar-refractivity contribution < 1.29 is 0 Å². The highest BCUT2D eigenvalue weighted by atomic mass is 14.9. The van der Waals surface area contributed by atoms with Gasteiger partial charge in [-0.3, -0.25) is 0 Å². The maximum absolute atomic E-state index is 5.43. The van der Waals surface area contributed by atoms with Crippen LogP contribution in [0.4, 0.5) is 0 Å². The molecule has 0 aromatic carbocycles. The third-order valence-electron chi connectivity index (χ3n) is 2.45. The molecule has 1 unspecified atom stereocenters. The maximum Gasteiger partial charge on any atom is 0.00411 e. The molecule has 0 radical (unpaired) electrons. The second kappa shape index (κ2) is 9.47. The Balaban J connectivity index is 3.10. The van der Waals surface area contributed by atoms with Crippen molar-refractivity contribution >= 4 is 0 Å². The van der Waals surface area contributed by atoms with E-state index in [9.17, 15) is 0 Å². The van der Waals surface area contributed by atoms with E-state index in [4.69, 9.17) is 5.73 Å². The van der Waals surface area contributed by atoms with Crippen LogP contribution in [-0.4, -0.2) is 19.1 Å². The van der Waals surface area contributed by atoms with Gasteiger partial charge in [-0.2, -0.15) is 0 Å². The van der Waals surface area contributed by atoms with Crippen LogP contribution in [-0.2, 0) is 0 Å². The largest absolute Gasteiger partial charge is 0.330 e. The summed E-state index contributed by atoms with van der Waals surface area (Å²) in [6.45, 7) is 8.84. The first kappa shape index (κ1) is 13.9. The molecule has 2 heteroatoms. The average molecular weight is 200 g/mol. The molecule has 3 N–H and O–H groups in total. The van der Waals surface area contributed by atoms with Crippen molar-refractivity contribution in [1.82, 2.24) is 5.32 Å². The van der Waals surface area contributed by atoms with Gasteiger partial charge in [-0.1, -0.05) is 26.7 Å². The van der Waals surface area contributed by atoms with Crippen molar-refractivity contribution in [3.8, 4) is 0 Å². The van der Waals surface area contributed by atoms with Crippen molar-refractivity contribution in [3.05, 3.63) is 0 Å². The van der Waals surface area contributed by atoms with Gasteiger partial charge in [0, 0.05) is 6.04 Å². The molecular weight excluding hydrogens is 172 g/mol. The number of nitrogens with two attached hydrogens (primary N) is 1. The lowest BCUT2D eigenvalue weighted by Gasteiger charge is -2.15. The van der Waals surface area contributed by atoms with Crippen molar-refractivity contribution in [2.75, 3.05) is 13.1 Å². The SMILES string of the molecule is CC(C)CC(C)NCCCCCCN. The Kier molecular flexibility index (Phi) is 9.42. The molecule has 0 heterocycles. The maximum atomic E-state index is 5.43. The zero-order valence-corrected chi connectivity index (χ0v) is 10.2. The third-order valence-corrected chi connectivity index (χ3v) is 2.45. The molecule has 0 aliphatic heterocycles. The topological polar surface area (TPSA) is 38.0 Å². The van der Waals surface area contributed by atoms with Crippen LogP contribution >= 0.6 is 0 Å². The second-order valence-electron chi connectivity index (χ2n) is 4.69. The van der Waals surface area contributed by atoms with Crippen LogP contribution in [0.1, 0.15) is 52.9 Å². The number of hydrogen-bond acceptors (Lipinski definition) is 2. The van der Waals surface area contributed by atoms with E-state index in [2.05, 4.69) is 26.1 Å². The molecule has 0 rings (SSSR count). The van der Waals surface area contributed by atoms with E-state index in [0.717, 1.165) is 12.5 Å². The number of unbranched alkanes of at least 4 members (excludes halogenated alkanes) is 3. The quantitative estimate of drug-likeness (QED) is 0.561. The zero-order valence-electron chi connectivity index (χ0n) is 10.2. The number of nitrogens with one attached hydrogen (secondary N) is 1. The Morgan fingerprint density at radius 2 is 1.64 bits per heavy atom. The fraction of sp³-hybridized carbons (Fsp3) is 1.00. The van der Waals surface area contributed by atoms with E-state index in [1.807, 2.05) is 0 Å². The van der Waals surface area contributed by atoms with E-state index >= 15 is 0 Å². The Morgan fingerprint density at radius 3 is 2.21 bits per heavy atom. The van der Waals surface area contributed by atoms with Gasteiger partial charge in [-0.15, -0.1) is 0 Å². The summed E-state index contributed by atoms with van der Waals surface area (Å²) in [5, 5.41) is 3.56. The van der Waals surface area contributed by atoms with Crippen LogP contribution in [0.2, 0.25) is 0 Å². The molecule has 14 heavy (non-hydrogen) atoms. The smallest absolute Gasteiger partial charge is 0.00411 e. The summed E-state index contributed by atoms with van der Waals surface area (Å²) in [5.41, 5.74) is 5.43. The molecule has 2 nitrogen and oxygen atoms in total. The Labute approximate surface area is 89.6 Å². The Hall–Kier alpha value is -0.0800. The molecule has 86 valence electrons. The minimum Gasteiger partial charge on any atom is -0.330 e. The van der Waals surface area contributed by atoms with Crippen LogP contribution in [0.15, 0.2) is 0 Å². The van der Waals surface area contributed by atoms with Crippen molar-refractivity contribution in [2.24, 2.45) is 11.7 Å². The highest BCUT2D eigenvalue weighted by Crippen LogP contribution is 2.04. The first-order valence-corrected chi connectivity index (χ1v) is 6.10. The van der Waals surface area contributed by atoms with Crippen molar-refractivity contribution in [3.63, 3.8) is 0 Å². The second-order valence-corrected chi connectivity index (χ2v) is 4.69. The minimum absolute atomic E-state index is 0.671. The van der Waals surface area contributed by atoms with Crippen LogP contribution in [0.5, 0.6) is 0 Å². The van der Waals surface area contributed by atoms with Gasteiger partial charge in [-0.25, -0.2) is 0 Å². The molecule has 0 aliphatic rings. The summed E-state index contributed by atoms with van der Waals surface area (Å²) in [6.07, 6.45) is 6.36. The predicted molar refractivity (Wildman–Crippen MR) is 64.4 cm³/mol. The summed E-state index contributed by atoms with van der Waals surface area (Å²) >= 11 is 0. The highest BCUT2D eigenvalue weighted by molar-refractivity contribution is 4.62. The van der Waals surface area contributed by atoms with Gasteiger partial charge < -0.3 is 11.1 Å². The summed E-state index contributed by atoms with van der Waals surface area (Å²) in [5.74, 6) is 0.801. The van der Waals surface area contributed by atoms with Gasteiger partial charge >= 0.3 is 0 Å². The first-order chi connectivity index (χ1) is 6.66. The lowest BCUT2D eigenvalue weighted by atomic mass is 10.1. The predicted octanol–water partition coefficient (Wildman–Crippen LogP) is 2.53. The molecule has 0 bridgehead atoms. The van der Waals surface area contributed by atoms with Gasteiger partial charge in [0.2, 0.25) is 0 Å². The third kappa shape index (κ3) is 10.0. The summed E-state index contributed by atoms with van der Waals surface area (Å²) in [7, 11) is 0. The van der Waals surface area contributed by atoms with E-state index in [-0.39, 0.29) is 0 Å². The van der Waals surface area contributed by atoms with Crippen LogP contribution in [0.25, 0.3) is 0 Å². The standard InChI is InChI=1S/C12H28N2/c1-11(2)10-12(3)14-9-7-5-4-6-8-13/h11-12,14H,4-10,13H2,1-3H3.